The van der Waals surface area contributed by atoms with Crippen molar-refractivity contribution in [3.05, 3.63) is 71.8 Å². The molecule has 0 aliphatic heterocycles. The second-order valence-electron chi connectivity index (χ2n) is 7.82. The molecule has 8 nitrogen and oxygen atoms in total. The summed E-state index contributed by atoms with van der Waals surface area (Å²) >= 11 is 0. The zero-order valence-electron chi connectivity index (χ0n) is 19.4. The van der Waals surface area contributed by atoms with Crippen molar-refractivity contribution in [2.45, 2.75) is 13.5 Å². The Morgan fingerprint density at radius 3 is 2.18 bits per heavy atom. The fourth-order valence-corrected chi connectivity index (χ4v) is 3.91. The first-order valence-corrected chi connectivity index (χ1v) is 10.8. The molecule has 0 saturated carbocycles. The predicted octanol–water partition coefficient (Wildman–Crippen LogP) is 5.14. The van der Waals surface area contributed by atoms with Crippen LogP contribution in [0.5, 0.6) is 17.2 Å². The molecule has 0 atom stereocenters. The molecular formula is C26H24N4O4. The highest BCUT2D eigenvalue weighted by atomic mass is 16.5. The Morgan fingerprint density at radius 2 is 1.50 bits per heavy atom. The number of imidazole rings is 1. The number of aromatic nitrogens is 4. The number of hydrogen-bond donors (Lipinski definition) is 0. The summed E-state index contributed by atoms with van der Waals surface area (Å²) in [5.74, 6) is 2.75. The fourth-order valence-electron chi connectivity index (χ4n) is 3.91. The van der Waals surface area contributed by atoms with E-state index in [0.717, 1.165) is 16.6 Å². The second kappa shape index (κ2) is 8.90. The smallest absolute Gasteiger partial charge is 0.284 e. The van der Waals surface area contributed by atoms with Gasteiger partial charge in [0.05, 0.1) is 32.4 Å². The molecule has 0 saturated heterocycles. The molecule has 0 spiro atoms. The van der Waals surface area contributed by atoms with Gasteiger partial charge in [-0.25, -0.2) is 4.98 Å². The molecule has 0 aliphatic rings. The summed E-state index contributed by atoms with van der Waals surface area (Å²) in [5.41, 5.74) is 4.86. The van der Waals surface area contributed by atoms with Crippen molar-refractivity contribution >= 4 is 11.0 Å². The second-order valence-corrected chi connectivity index (χ2v) is 7.82. The summed E-state index contributed by atoms with van der Waals surface area (Å²) in [7, 11) is 4.69. The third kappa shape index (κ3) is 3.83. The van der Waals surface area contributed by atoms with E-state index in [0.29, 0.717) is 47.0 Å². The Bertz CT molecular complexity index is 1430. The molecule has 0 amide bonds. The predicted molar refractivity (Wildman–Crippen MR) is 128 cm³/mol. The zero-order valence-corrected chi connectivity index (χ0v) is 19.4. The van der Waals surface area contributed by atoms with Crippen LogP contribution in [0.1, 0.15) is 11.1 Å². The SMILES string of the molecule is COc1cc(-c2nnc(-c3nc4ccccc4n3Cc3ccc(C)cc3)o2)cc(OC)c1OC. The molecule has 0 unspecified atom stereocenters. The van der Waals surface area contributed by atoms with E-state index in [9.17, 15) is 0 Å². The summed E-state index contributed by atoms with van der Waals surface area (Å²) in [4.78, 5) is 4.80. The Labute approximate surface area is 196 Å². The lowest BCUT2D eigenvalue weighted by molar-refractivity contribution is 0.324. The quantitative estimate of drug-likeness (QED) is 0.335. The third-order valence-electron chi connectivity index (χ3n) is 5.64. The molecule has 0 bridgehead atoms. The number of benzene rings is 3. The standard InChI is InChI=1S/C26H24N4O4/c1-16-9-11-17(12-10-16)15-30-20-8-6-5-7-19(20)27-24(30)26-29-28-25(34-26)18-13-21(31-2)23(33-4)22(14-18)32-3/h5-14H,15H2,1-4H3. The number of aryl methyl sites for hydroxylation is 1. The van der Waals surface area contributed by atoms with Crippen LogP contribution in [0.15, 0.2) is 65.1 Å². The van der Waals surface area contributed by atoms with E-state index >= 15 is 0 Å². The van der Waals surface area contributed by atoms with Gasteiger partial charge in [0.15, 0.2) is 17.3 Å². The maximum absolute atomic E-state index is 6.10. The van der Waals surface area contributed by atoms with Crippen LogP contribution >= 0.6 is 0 Å². The van der Waals surface area contributed by atoms with Gasteiger partial charge in [0, 0.05) is 12.1 Å². The number of nitrogens with zero attached hydrogens (tertiary/aromatic N) is 4. The highest BCUT2D eigenvalue weighted by Crippen LogP contribution is 2.41. The van der Waals surface area contributed by atoms with Gasteiger partial charge in [-0.05, 0) is 36.8 Å². The molecule has 8 heteroatoms. The molecule has 34 heavy (non-hydrogen) atoms. The van der Waals surface area contributed by atoms with Gasteiger partial charge in [-0.15, -0.1) is 10.2 Å². The zero-order chi connectivity index (χ0) is 23.7. The topological polar surface area (TPSA) is 84.4 Å². The van der Waals surface area contributed by atoms with Crippen LogP contribution in [0.25, 0.3) is 34.2 Å². The van der Waals surface area contributed by atoms with E-state index in [1.54, 1.807) is 33.5 Å². The van der Waals surface area contributed by atoms with E-state index in [1.165, 1.54) is 5.56 Å². The number of para-hydroxylation sites is 2. The summed E-state index contributed by atoms with van der Waals surface area (Å²) in [6.45, 7) is 2.70. The Kier molecular flexibility index (Phi) is 5.63. The van der Waals surface area contributed by atoms with Crippen molar-refractivity contribution < 1.29 is 18.6 Å². The van der Waals surface area contributed by atoms with Gasteiger partial charge in [-0.3, -0.25) is 0 Å². The van der Waals surface area contributed by atoms with Gasteiger partial charge in [0.25, 0.3) is 5.89 Å². The van der Waals surface area contributed by atoms with E-state index in [1.807, 2.05) is 24.3 Å². The first-order chi connectivity index (χ1) is 16.6. The highest BCUT2D eigenvalue weighted by Gasteiger charge is 2.21. The summed E-state index contributed by atoms with van der Waals surface area (Å²) < 4.78 is 24.5. The molecule has 0 radical (unpaired) electrons. The lowest BCUT2D eigenvalue weighted by atomic mass is 10.1. The number of methoxy groups -OCH3 is 3. The van der Waals surface area contributed by atoms with E-state index in [2.05, 4.69) is 46.0 Å². The van der Waals surface area contributed by atoms with Crippen LogP contribution in [-0.4, -0.2) is 41.1 Å². The Hall–Kier alpha value is -4.33. The monoisotopic (exact) mass is 456 g/mol. The number of hydrogen-bond acceptors (Lipinski definition) is 7. The number of fused-ring (bicyclic) bond motifs is 1. The maximum atomic E-state index is 6.10. The largest absolute Gasteiger partial charge is 0.493 e. The maximum Gasteiger partial charge on any atom is 0.284 e. The first-order valence-electron chi connectivity index (χ1n) is 10.8. The van der Waals surface area contributed by atoms with Crippen LogP contribution in [0.4, 0.5) is 0 Å². The van der Waals surface area contributed by atoms with Gasteiger partial charge in [-0.2, -0.15) is 0 Å². The van der Waals surface area contributed by atoms with E-state index < -0.39 is 0 Å². The molecule has 5 aromatic rings. The molecule has 3 aromatic carbocycles. The number of rotatable bonds is 7. The van der Waals surface area contributed by atoms with Crippen LogP contribution in [0.2, 0.25) is 0 Å². The van der Waals surface area contributed by atoms with Crippen molar-refractivity contribution in [1.29, 1.82) is 0 Å². The average Bonchev–Trinajstić information content (AvgIpc) is 3.50. The van der Waals surface area contributed by atoms with Crippen LogP contribution < -0.4 is 14.2 Å². The van der Waals surface area contributed by atoms with Gasteiger partial charge in [0.1, 0.15) is 0 Å². The van der Waals surface area contributed by atoms with Gasteiger partial charge in [0.2, 0.25) is 11.6 Å². The van der Waals surface area contributed by atoms with Gasteiger partial charge >= 0.3 is 0 Å². The third-order valence-corrected chi connectivity index (χ3v) is 5.64. The molecule has 0 N–H and O–H groups in total. The van der Waals surface area contributed by atoms with E-state index in [4.69, 9.17) is 23.6 Å². The normalized spacial score (nSPS) is 11.1. The lowest BCUT2D eigenvalue weighted by Crippen LogP contribution is -2.02. The highest BCUT2D eigenvalue weighted by molar-refractivity contribution is 5.79. The van der Waals surface area contributed by atoms with Crippen molar-refractivity contribution in [3.63, 3.8) is 0 Å². The minimum atomic E-state index is 0.322. The molecular weight excluding hydrogens is 432 g/mol. The Balaban J connectivity index is 1.59. The Morgan fingerprint density at radius 1 is 0.824 bits per heavy atom. The fraction of sp³-hybridized carbons (Fsp3) is 0.192. The molecule has 5 rings (SSSR count). The van der Waals surface area contributed by atoms with Crippen molar-refractivity contribution in [3.8, 4) is 40.4 Å². The summed E-state index contributed by atoms with van der Waals surface area (Å²) in [6, 6.07) is 19.9. The van der Waals surface area contributed by atoms with Crippen molar-refractivity contribution in [2.24, 2.45) is 0 Å². The summed E-state index contributed by atoms with van der Waals surface area (Å²) in [5, 5.41) is 8.59. The van der Waals surface area contributed by atoms with Crippen LogP contribution in [0, 0.1) is 6.92 Å². The van der Waals surface area contributed by atoms with Crippen molar-refractivity contribution in [1.82, 2.24) is 19.7 Å². The first kappa shape index (κ1) is 21.5. The average molecular weight is 457 g/mol. The van der Waals surface area contributed by atoms with E-state index in [-0.39, 0.29) is 0 Å². The molecule has 0 aliphatic carbocycles. The molecule has 2 heterocycles. The summed E-state index contributed by atoms with van der Waals surface area (Å²) in [6.07, 6.45) is 0. The van der Waals surface area contributed by atoms with Crippen LogP contribution in [-0.2, 0) is 6.54 Å². The molecule has 0 fully saturated rings. The minimum absolute atomic E-state index is 0.322. The molecule has 172 valence electrons. The van der Waals surface area contributed by atoms with Crippen molar-refractivity contribution in [2.75, 3.05) is 21.3 Å². The lowest BCUT2D eigenvalue weighted by Gasteiger charge is -2.12. The van der Waals surface area contributed by atoms with Gasteiger partial charge in [-0.1, -0.05) is 42.0 Å². The van der Waals surface area contributed by atoms with Crippen LogP contribution in [0.3, 0.4) is 0 Å². The van der Waals surface area contributed by atoms with Gasteiger partial charge < -0.3 is 23.2 Å². The minimum Gasteiger partial charge on any atom is -0.493 e. The number of ether oxygens (including phenoxy) is 3. The molecule has 2 aromatic heterocycles.